The molecule has 1 heterocycles. The molecule has 1 saturated heterocycles. The van der Waals surface area contributed by atoms with E-state index in [-0.39, 0.29) is 18.8 Å². The summed E-state index contributed by atoms with van der Waals surface area (Å²) in [4.78, 5) is 10.8. The molecule has 1 fully saturated rings. The molecular formula is C9H12F2O3. The van der Waals surface area contributed by atoms with E-state index in [0.29, 0.717) is 0 Å². The highest BCUT2D eigenvalue weighted by atomic mass is 19.3. The van der Waals surface area contributed by atoms with E-state index in [2.05, 4.69) is 16.1 Å². The molecule has 1 aliphatic heterocycles. The van der Waals surface area contributed by atoms with E-state index >= 15 is 0 Å². The third-order valence-electron chi connectivity index (χ3n) is 1.98. The quantitative estimate of drug-likeness (QED) is 0.515. The number of carbonyl (C=O) groups is 1. The monoisotopic (exact) mass is 206 g/mol. The molecule has 1 rings (SSSR count). The SMILES string of the molecule is C=C(C)C(=O)OCC(F)(F)C1COC1. The molecule has 0 spiro atoms. The van der Waals surface area contributed by atoms with Crippen molar-refractivity contribution in [2.75, 3.05) is 19.8 Å². The molecule has 0 bridgehead atoms. The smallest absolute Gasteiger partial charge is 0.333 e. The fourth-order valence-electron chi connectivity index (χ4n) is 0.882. The van der Waals surface area contributed by atoms with Crippen LogP contribution in [0.25, 0.3) is 0 Å². The molecule has 3 nitrogen and oxygen atoms in total. The number of rotatable bonds is 4. The molecule has 80 valence electrons. The summed E-state index contributed by atoms with van der Waals surface area (Å²) in [6.07, 6.45) is 0. The van der Waals surface area contributed by atoms with Gasteiger partial charge < -0.3 is 9.47 Å². The summed E-state index contributed by atoms with van der Waals surface area (Å²) in [7, 11) is 0. The molecule has 14 heavy (non-hydrogen) atoms. The van der Waals surface area contributed by atoms with Crippen LogP contribution in [0.2, 0.25) is 0 Å². The Hall–Kier alpha value is -0.970. The highest BCUT2D eigenvalue weighted by Crippen LogP contribution is 2.30. The first kappa shape index (κ1) is 11.1. The van der Waals surface area contributed by atoms with Crippen molar-refractivity contribution in [3.05, 3.63) is 12.2 Å². The summed E-state index contributed by atoms with van der Waals surface area (Å²) >= 11 is 0. The lowest BCUT2D eigenvalue weighted by Crippen LogP contribution is -2.46. The molecule has 0 aromatic carbocycles. The lowest BCUT2D eigenvalue weighted by molar-refractivity contribution is -0.197. The summed E-state index contributed by atoms with van der Waals surface area (Å²) in [6.45, 7) is 3.85. The average Bonchev–Trinajstić information content (AvgIpc) is 1.95. The van der Waals surface area contributed by atoms with E-state index in [9.17, 15) is 13.6 Å². The Labute approximate surface area is 80.7 Å². The number of halogens is 2. The van der Waals surface area contributed by atoms with Crippen molar-refractivity contribution in [1.82, 2.24) is 0 Å². The maximum atomic E-state index is 13.1. The second-order valence-electron chi connectivity index (χ2n) is 3.35. The van der Waals surface area contributed by atoms with E-state index in [1.54, 1.807) is 0 Å². The Balaban J connectivity index is 2.35. The van der Waals surface area contributed by atoms with Gasteiger partial charge in [0.25, 0.3) is 5.92 Å². The third-order valence-corrected chi connectivity index (χ3v) is 1.98. The minimum absolute atomic E-state index is 0.0254. The molecule has 0 aromatic rings. The van der Waals surface area contributed by atoms with Crippen LogP contribution in [-0.2, 0) is 14.3 Å². The van der Waals surface area contributed by atoms with Crippen LogP contribution in [-0.4, -0.2) is 31.7 Å². The lowest BCUT2D eigenvalue weighted by Gasteiger charge is -2.32. The number of hydrogen-bond donors (Lipinski definition) is 0. The molecular weight excluding hydrogens is 194 g/mol. The first-order valence-electron chi connectivity index (χ1n) is 4.21. The molecule has 0 aromatic heterocycles. The molecule has 0 N–H and O–H groups in total. The van der Waals surface area contributed by atoms with Gasteiger partial charge in [0.2, 0.25) is 0 Å². The molecule has 0 aliphatic carbocycles. The maximum Gasteiger partial charge on any atom is 0.333 e. The second-order valence-corrected chi connectivity index (χ2v) is 3.35. The van der Waals surface area contributed by atoms with Crippen LogP contribution in [0.4, 0.5) is 8.78 Å². The number of esters is 1. The van der Waals surface area contributed by atoms with Gasteiger partial charge in [-0.25, -0.2) is 13.6 Å². The summed E-state index contributed by atoms with van der Waals surface area (Å²) in [5, 5.41) is 0. The molecule has 0 saturated carbocycles. The molecule has 0 unspecified atom stereocenters. The van der Waals surface area contributed by atoms with E-state index in [1.807, 2.05) is 0 Å². The van der Waals surface area contributed by atoms with Crippen LogP contribution in [0.15, 0.2) is 12.2 Å². The summed E-state index contributed by atoms with van der Waals surface area (Å²) in [5.41, 5.74) is 0.116. The second kappa shape index (κ2) is 4.04. The standard InChI is InChI=1S/C9H12F2O3/c1-6(2)8(12)14-5-9(10,11)7-3-13-4-7/h7H,1,3-5H2,2H3. The van der Waals surface area contributed by atoms with Crippen molar-refractivity contribution in [2.24, 2.45) is 5.92 Å². The van der Waals surface area contributed by atoms with Gasteiger partial charge in [-0.05, 0) is 6.92 Å². The zero-order chi connectivity index (χ0) is 10.8. The van der Waals surface area contributed by atoms with Gasteiger partial charge in [0, 0.05) is 5.57 Å². The maximum absolute atomic E-state index is 13.1. The lowest BCUT2D eigenvalue weighted by atomic mass is 10.0. The first-order chi connectivity index (χ1) is 6.43. The van der Waals surface area contributed by atoms with E-state index < -0.39 is 24.4 Å². The number of ether oxygens (including phenoxy) is 2. The van der Waals surface area contributed by atoms with Crippen molar-refractivity contribution in [1.29, 1.82) is 0 Å². The van der Waals surface area contributed by atoms with Crippen LogP contribution in [0.3, 0.4) is 0 Å². The predicted octanol–water partition coefficient (Wildman–Crippen LogP) is 1.39. The summed E-state index contributed by atoms with van der Waals surface area (Å²) in [5.74, 6) is -4.62. The number of carbonyl (C=O) groups excluding carboxylic acids is 1. The van der Waals surface area contributed by atoms with Gasteiger partial charge >= 0.3 is 5.97 Å². The molecule has 5 heteroatoms. The Kier molecular flexibility index (Phi) is 3.21. The summed E-state index contributed by atoms with van der Waals surface area (Å²) < 4.78 is 35.2. The van der Waals surface area contributed by atoms with Crippen molar-refractivity contribution in [3.63, 3.8) is 0 Å². The Morgan fingerprint density at radius 2 is 2.21 bits per heavy atom. The van der Waals surface area contributed by atoms with E-state index in [1.165, 1.54) is 6.92 Å². The van der Waals surface area contributed by atoms with Crippen LogP contribution in [0.5, 0.6) is 0 Å². The fourth-order valence-corrected chi connectivity index (χ4v) is 0.882. The van der Waals surface area contributed by atoms with Crippen LogP contribution in [0.1, 0.15) is 6.92 Å². The Morgan fingerprint density at radius 1 is 1.64 bits per heavy atom. The minimum Gasteiger partial charge on any atom is -0.456 e. The van der Waals surface area contributed by atoms with Crippen molar-refractivity contribution in [2.45, 2.75) is 12.8 Å². The van der Waals surface area contributed by atoms with E-state index in [0.717, 1.165) is 0 Å². The van der Waals surface area contributed by atoms with Gasteiger partial charge in [0.15, 0.2) is 6.61 Å². The van der Waals surface area contributed by atoms with Crippen molar-refractivity contribution >= 4 is 5.97 Å². The highest BCUT2D eigenvalue weighted by molar-refractivity contribution is 5.86. The van der Waals surface area contributed by atoms with Gasteiger partial charge in [0.05, 0.1) is 19.1 Å². The number of alkyl halides is 2. The van der Waals surface area contributed by atoms with Gasteiger partial charge in [-0.3, -0.25) is 0 Å². The van der Waals surface area contributed by atoms with Gasteiger partial charge in [-0.1, -0.05) is 6.58 Å². The Bertz CT molecular complexity index is 246. The van der Waals surface area contributed by atoms with Crippen molar-refractivity contribution < 1.29 is 23.0 Å². The number of hydrogen-bond acceptors (Lipinski definition) is 3. The van der Waals surface area contributed by atoms with Crippen LogP contribution in [0, 0.1) is 5.92 Å². The Morgan fingerprint density at radius 3 is 2.57 bits per heavy atom. The van der Waals surface area contributed by atoms with Gasteiger partial charge in [0.1, 0.15) is 0 Å². The molecule has 1 aliphatic rings. The first-order valence-corrected chi connectivity index (χ1v) is 4.21. The molecule has 0 amide bonds. The van der Waals surface area contributed by atoms with Crippen LogP contribution >= 0.6 is 0 Å². The zero-order valence-corrected chi connectivity index (χ0v) is 7.89. The van der Waals surface area contributed by atoms with Crippen molar-refractivity contribution in [3.8, 4) is 0 Å². The van der Waals surface area contributed by atoms with Gasteiger partial charge in [-0.2, -0.15) is 0 Å². The summed E-state index contributed by atoms with van der Waals surface area (Å²) in [6, 6.07) is 0. The highest BCUT2D eigenvalue weighted by Gasteiger charge is 2.45. The molecule has 0 radical (unpaired) electrons. The minimum atomic E-state index is -3.00. The fraction of sp³-hybridized carbons (Fsp3) is 0.667. The average molecular weight is 206 g/mol. The topological polar surface area (TPSA) is 35.5 Å². The largest absolute Gasteiger partial charge is 0.456 e. The zero-order valence-electron chi connectivity index (χ0n) is 7.89. The van der Waals surface area contributed by atoms with E-state index in [4.69, 9.17) is 0 Å². The molecule has 0 atom stereocenters. The van der Waals surface area contributed by atoms with Crippen LogP contribution < -0.4 is 0 Å². The normalized spacial score (nSPS) is 17.4. The van der Waals surface area contributed by atoms with Gasteiger partial charge in [-0.15, -0.1) is 0 Å². The predicted molar refractivity (Wildman–Crippen MR) is 45.0 cm³/mol. The third kappa shape index (κ3) is 2.51.